The summed E-state index contributed by atoms with van der Waals surface area (Å²) in [5.74, 6) is 1.80. The highest BCUT2D eigenvalue weighted by Crippen LogP contribution is 2.30. The molecule has 4 rings (SSSR count). The number of aryl methyl sites for hydroxylation is 1. The molecule has 0 aliphatic rings. The van der Waals surface area contributed by atoms with Crippen LogP contribution in [0.15, 0.2) is 78.9 Å². The van der Waals surface area contributed by atoms with E-state index in [0.29, 0.717) is 23.0 Å². The minimum atomic E-state index is 0.179. The van der Waals surface area contributed by atoms with E-state index in [2.05, 4.69) is 21.9 Å². The lowest BCUT2D eigenvalue weighted by atomic mass is 10.1. The zero-order valence-corrected chi connectivity index (χ0v) is 15.0. The van der Waals surface area contributed by atoms with Gasteiger partial charge in [-0.1, -0.05) is 73.7 Å². The molecule has 4 heteroatoms. The number of hydrogen-bond acceptors (Lipinski definition) is 4. The van der Waals surface area contributed by atoms with E-state index in [0.717, 1.165) is 23.1 Å². The first kappa shape index (κ1) is 16.9. The second-order valence-corrected chi connectivity index (χ2v) is 6.24. The number of aromatic hydroxyl groups is 1. The van der Waals surface area contributed by atoms with Gasteiger partial charge in [-0.05, 0) is 24.1 Å². The maximum absolute atomic E-state index is 10.5. The van der Waals surface area contributed by atoms with E-state index < -0.39 is 0 Å². The molecule has 0 atom stereocenters. The molecule has 0 spiro atoms. The molecule has 0 bridgehead atoms. The Bertz CT molecular complexity index is 1010. The lowest BCUT2D eigenvalue weighted by molar-refractivity contribution is 0.476. The Hall–Kier alpha value is -3.53. The molecular weight excluding hydrogens is 334 g/mol. The number of nitrogens with zero attached hydrogens (tertiary/aromatic N) is 3. The molecule has 1 N–H and O–H groups in total. The zero-order chi connectivity index (χ0) is 18.6. The first-order valence-electron chi connectivity index (χ1n) is 8.94. The first-order valence-corrected chi connectivity index (χ1v) is 8.94. The van der Waals surface area contributed by atoms with Gasteiger partial charge < -0.3 is 5.11 Å². The van der Waals surface area contributed by atoms with Crippen LogP contribution in [0.2, 0.25) is 0 Å². The van der Waals surface area contributed by atoms with Crippen molar-refractivity contribution < 1.29 is 5.11 Å². The predicted octanol–water partition coefficient (Wildman–Crippen LogP) is 5.14. The maximum Gasteiger partial charge on any atom is 0.167 e. The molecule has 0 unspecified atom stereocenters. The number of aromatic nitrogens is 3. The summed E-state index contributed by atoms with van der Waals surface area (Å²) in [5.41, 5.74) is 3.48. The van der Waals surface area contributed by atoms with Crippen LogP contribution in [0, 0.1) is 0 Å². The van der Waals surface area contributed by atoms with Crippen LogP contribution in [-0.4, -0.2) is 20.1 Å². The summed E-state index contributed by atoms with van der Waals surface area (Å²) in [4.78, 5) is 13.9. The smallest absolute Gasteiger partial charge is 0.167 e. The first-order chi connectivity index (χ1) is 13.2. The fraction of sp³-hybridized carbons (Fsp3) is 0.0870. The van der Waals surface area contributed by atoms with Gasteiger partial charge in [0.05, 0.1) is 5.56 Å². The molecule has 4 aromatic rings. The van der Waals surface area contributed by atoms with Crippen LogP contribution in [0.25, 0.3) is 34.2 Å². The highest BCUT2D eigenvalue weighted by Gasteiger charge is 2.14. The van der Waals surface area contributed by atoms with Gasteiger partial charge in [0.15, 0.2) is 17.5 Å². The molecule has 0 saturated heterocycles. The quantitative estimate of drug-likeness (QED) is 0.552. The molecule has 132 valence electrons. The van der Waals surface area contributed by atoms with Crippen molar-refractivity contribution in [3.8, 4) is 39.9 Å². The Morgan fingerprint density at radius 1 is 0.667 bits per heavy atom. The van der Waals surface area contributed by atoms with Gasteiger partial charge in [0.1, 0.15) is 5.75 Å². The fourth-order valence-corrected chi connectivity index (χ4v) is 2.92. The fourth-order valence-electron chi connectivity index (χ4n) is 2.92. The van der Waals surface area contributed by atoms with E-state index in [-0.39, 0.29) is 5.75 Å². The third kappa shape index (κ3) is 3.55. The van der Waals surface area contributed by atoms with Crippen LogP contribution >= 0.6 is 0 Å². The van der Waals surface area contributed by atoms with Gasteiger partial charge in [0.25, 0.3) is 0 Å². The third-order valence-electron chi connectivity index (χ3n) is 4.41. The van der Waals surface area contributed by atoms with Crippen LogP contribution in [0.3, 0.4) is 0 Å². The second kappa shape index (κ2) is 7.38. The van der Waals surface area contributed by atoms with Crippen molar-refractivity contribution >= 4 is 0 Å². The molecule has 0 amide bonds. The number of rotatable bonds is 4. The highest BCUT2D eigenvalue weighted by atomic mass is 16.3. The summed E-state index contributed by atoms with van der Waals surface area (Å²) in [5, 5.41) is 10.5. The SMILES string of the molecule is CCc1ccc(-c2nc(-c3ccccc3)nc(-c3ccccc3)n2)c(O)c1. The second-order valence-electron chi connectivity index (χ2n) is 6.24. The van der Waals surface area contributed by atoms with Gasteiger partial charge in [0, 0.05) is 11.1 Å². The third-order valence-corrected chi connectivity index (χ3v) is 4.41. The van der Waals surface area contributed by atoms with E-state index in [9.17, 15) is 5.11 Å². The number of phenols is 1. The van der Waals surface area contributed by atoms with Crippen LogP contribution < -0.4 is 0 Å². The molecule has 0 saturated carbocycles. The molecule has 4 nitrogen and oxygen atoms in total. The minimum absolute atomic E-state index is 0.179. The molecule has 3 aromatic carbocycles. The highest BCUT2D eigenvalue weighted by molar-refractivity contribution is 5.69. The van der Waals surface area contributed by atoms with Gasteiger partial charge in [-0.25, -0.2) is 15.0 Å². The van der Waals surface area contributed by atoms with Crippen molar-refractivity contribution in [3.05, 3.63) is 84.4 Å². The van der Waals surface area contributed by atoms with E-state index in [1.54, 1.807) is 6.07 Å². The van der Waals surface area contributed by atoms with E-state index in [1.165, 1.54) is 0 Å². The zero-order valence-electron chi connectivity index (χ0n) is 15.0. The average Bonchev–Trinajstić information content (AvgIpc) is 2.74. The molecule has 27 heavy (non-hydrogen) atoms. The minimum Gasteiger partial charge on any atom is -0.507 e. The molecule has 0 fully saturated rings. The lowest BCUT2D eigenvalue weighted by Gasteiger charge is -2.10. The van der Waals surface area contributed by atoms with Crippen molar-refractivity contribution in [1.29, 1.82) is 0 Å². The van der Waals surface area contributed by atoms with Crippen molar-refractivity contribution in [2.75, 3.05) is 0 Å². The molecule has 0 radical (unpaired) electrons. The average molecular weight is 353 g/mol. The van der Waals surface area contributed by atoms with Crippen LogP contribution in [0.4, 0.5) is 0 Å². The Morgan fingerprint density at radius 3 is 1.67 bits per heavy atom. The number of hydrogen-bond donors (Lipinski definition) is 1. The predicted molar refractivity (Wildman–Crippen MR) is 107 cm³/mol. The summed E-state index contributed by atoms with van der Waals surface area (Å²) < 4.78 is 0. The van der Waals surface area contributed by atoms with Crippen LogP contribution in [0.5, 0.6) is 5.75 Å². The lowest BCUT2D eigenvalue weighted by Crippen LogP contribution is -2.00. The normalized spacial score (nSPS) is 10.7. The Morgan fingerprint density at radius 2 is 1.19 bits per heavy atom. The monoisotopic (exact) mass is 353 g/mol. The Balaban J connectivity index is 1.91. The number of benzene rings is 3. The van der Waals surface area contributed by atoms with Crippen LogP contribution in [-0.2, 0) is 6.42 Å². The molecule has 1 heterocycles. The van der Waals surface area contributed by atoms with Crippen molar-refractivity contribution in [2.45, 2.75) is 13.3 Å². The maximum atomic E-state index is 10.5. The summed E-state index contributed by atoms with van der Waals surface area (Å²) in [7, 11) is 0. The van der Waals surface area contributed by atoms with Crippen molar-refractivity contribution in [2.24, 2.45) is 0 Å². The van der Waals surface area contributed by atoms with Crippen molar-refractivity contribution in [1.82, 2.24) is 15.0 Å². The van der Waals surface area contributed by atoms with Crippen LogP contribution in [0.1, 0.15) is 12.5 Å². The van der Waals surface area contributed by atoms with Gasteiger partial charge in [-0.2, -0.15) is 0 Å². The Labute approximate surface area is 158 Å². The summed E-state index contributed by atoms with van der Waals surface area (Å²) in [6, 6.07) is 25.2. The van der Waals surface area contributed by atoms with Gasteiger partial charge in [0.2, 0.25) is 0 Å². The molecule has 1 aromatic heterocycles. The summed E-state index contributed by atoms with van der Waals surface area (Å²) >= 11 is 0. The van der Waals surface area contributed by atoms with E-state index in [1.807, 2.05) is 72.8 Å². The van der Waals surface area contributed by atoms with Gasteiger partial charge >= 0.3 is 0 Å². The molecule has 0 aliphatic carbocycles. The molecular formula is C23H19N3O. The Kier molecular flexibility index (Phi) is 4.62. The topological polar surface area (TPSA) is 58.9 Å². The van der Waals surface area contributed by atoms with E-state index >= 15 is 0 Å². The van der Waals surface area contributed by atoms with Gasteiger partial charge in [-0.15, -0.1) is 0 Å². The summed E-state index contributed by atoms with van der Waals surface area (Å²) in [6.07, 6.45) is 0.857. The molecule has 0 aliphatic heterocycles. The summed E-state index contributed by atoms with van der Waals surface area (Å²) in [6.45, 7) is 2.05. The standard InChI is InChI=1S/C23H19N3O/c1-2-16-13-14-19(20(27)15-16)23-25-21(17-9-5-3-6-10-17)24-22(26-23)18-11-7-4-8-12-18/h3-15,27H,2H2,1H3. The van der Waals surface area contributed by atoms with E-state index in [4.69, 9.17) is 0 Å². The van der Waals surface area contributed by atoms with Gasteiger partial charge in [-0.3, -0.25) is 0 Å². The largest absolute Gasteiger partial charge is 0.507 e. The number of phenolic OH excluding ortho intramolecular Hbond substituents is 1. The van der Waals surface area contributed by atoms with Crippen molar-refractivity contribution in [3.63, 3.8) is 0 Å².